The standard InChI is InChI=1S/C14H20N2O2/c1-11-4-2-5-12(8-11)15-14(18)10-16-7-3-6-13(17)9-16/h2,4-5,8,13,17H,3,6-7,9-10H2,1H3,(H,15,18)/t13-/m0/s1. The third-order valence-corrected chi connectivity index (χ3v) is 3.15. The van der Waals surface area contributed by atoms with E-state index in [0.29, 0.717) is 13.1 Å². The predicted octanol–water partition coefficient (Wildman–Crippen LogP) is 1.39. The molecule has 98 valence electrons. The lowest BCUT2D eigenvalue weighted by Gasteiger charge is -2.29. The molecule has 0 aromatic heterocycles. The third kappa shape index (κ3) is 3.82. The molecule has 1 fully saturated rings. The normalized spacial score (nSPS) is 20.7. The van der Waals surface area contributed by atoms with Gasteiger partial charge in [0.25, 0.3) is 0 Å². The molecule has 1 aromatic rings. The number of anilines is 1. The number of piperidine rings is 1. The minimum absolute atomic E-state index is 0.0188. The van der Waals surface area contributed by atoms with Gasteiger partial charge in [0.2, 0.25) is 5.91 Å². The number of benzene rings is 1. The van der Waals surface area contributed by atoms with Gasteiger partial charge in [0.15, 0.2) is 0 Å². The number of likely N-dealkylation sites (tertiary alicyclic amines) is 1. The molecule has 0 bridgehead atoms. The van der Waals surface area contributed by atoms with E-state index in [2.05, 4.69) is 5.32 Å². The Balaban J connectivity index is 1.85. The van der Waals surface area contributed by atoms with Gasteiger partial charge in [-0.15, -0.1) is 0 Å². The number of rotatable bonds is 3. The van der Waals surface area contributed by atoms with E-state index in [0.717, 1.165) is 30.6 Å². The van der Waals surface area contributed by atoms with Crippen molar-refractivity contribution in [3.05, 3.63) is 29.8 Å². The molecule has 1 amide bonds. The van der Waals surface area contributed by atoms with Gasteiger partial charge in [0.05, 0.1) is 12.6 Å². The lowest BCUT2D eigenvalue weighted by Crippen LogP contribution is -2.42. The molecule has 0 aliphatic carbocycles. The molecular weight excluding hydrogens is 228 g/mol. The van der Waals surface area contributed by atoms with Gasteiger partial charge >= 0.3 is 0 Å². The highest BCUT2D eigenvalue weighted by Crippen LogP contribution is 2.11. The highest BCUT2D eigenvalue weighted by Gasteiger charge is 2.19. The van der Waals surface area contributed by atoms with Crippen molar-refractivity contribution in [3.63, 3.8) is 0 Å². The minimum atomic E-state index is -0.287. The second-order valence-corrected chi connectivity index (χ2v) is 4.95. The molecule has 2 N–H and O–H groups in total. The Kier molecular flexibility index (Phi) is 4.33. The SMILES string of the molecule is Cc1cccc(NC(=O)CN2CCC[C@H](O)C2)c1. The zero-order valence-electron chi connectivity index (χ0n) is 10.7. The molecule has 4 heteroatoms. The average molecular weight is 248 g/mol. The molecule has 4 nitrogen and oxygen atoms in total. The Hall–Kier alpha value is -1.39. The van der Waals surface area contributed by atoms with Crippen LogP contribution in [0.2, 0.25) is 0 Å². The fraction of sp³-hybridized carbons (Fsp3) is 0.500. The molecule has 0 radical (unpaired) electrons. The summed E-state index contributed by atoms with van der Waals surface area (Å²) in [5.74, 6) is -0.0188. The first-order valence-corrected chi connectivity index (χ1v) is 6.40. The number of aliphatic hydroxyl groups excluding tert-OH is 1. The van der Waals surface area contributed by atoms with Crippen molar-refractivity contribution in [2.75, 3.05) is 25.0 Å². The van der Waals surface area contributed by atoms with Crippen LogP contribution in [0.25, 0.3) is 0 Å². The van der Waals surface area contributed by atoms with E-state index in [-0.39, 0.29) is 12.0 Å². The second kappa shape index (κ2) is 5.98. The third-order valence-electron chi connectivity index (χ3n) is 3.15. The summed E-state index contributed by atoms with van der Waals surface area (Å²) in [5, 5.41) is 12.4. The maximum atomic E-state index is 11.9. The van der Waals surface area contributed by atoms with Gasteiger partial charge in [0, 0.05) is 12.2 Å². The first-order chi connectivity index (χ1) is 8.63. The average Bonchev–Trinajstić information content (AvgIpc) is 2.28. The molecule has 1 aliphatic heterocycles. The van der Waals surface area contributed by atoms with E-state index >= 15 is 0 Å². The van der Waals surface area contributed by atoms with Crippen LogP contribution in [0.15, 0.2) is 24.3 Å². The van der Waals surface area contributed by atoms with Crippen molar-refractivity contribution < 1.29 is 9.90 Å². The van der Waals surface area contributed by atoms with E-state index in [4.69, 9.17) is 0 Å². The zero-order chi connectivity index (χ0) is 13.0. The molecule has 18 heavy (non-hydrogen) atoms. The van der Waals surface area contributed by atoms with Crippen molar-refractivity contribution in [2.24, 2.45) is 0 Å². The van der Waals surface area contributed by atoms with Crippen LogP contribution in [-0.4, -0.2) is 41.7 Å². The van der Waals surface area contributed by atoms with Crippen LogP contribution >= 0.6 is 0 Å². The van der Waals surface area contributed by atoms with Crippen molar-refractivity contribution in [2.45, 2.75) is 25.9 Å². The van der Waals surface area contributed by atoms with E-state index in [1.54, 1.807) is 0 Å². The Labute approximate surface area is 108 Å². The topological polar surface area (TPSA) is 52.6 Å². The van der Waals surface area contributed by atoms with Gasteiger partial charge in [0.1, 0.15) is 0 Å². The maximum absolute atomic E-state index is 11.9. The Morgan fingerprint density at radius 1 is 1.56 bits per heavy atom. The number of carbonyl (C=O) groups excluding carboxylic acids is 1. The van der Waals surface area contributed by atoms with E-state index < -0.39 is 0 Å². The van der Waals surface area contributed by atoms with Crippen LogP contribution in [0.3, 0.4) is 0 Å². The van der Waals surface area contributed by atoms with E-state index in [9.17, 15) is 9.90 Å². The van der Waals surface area contributed by atoms with Crippen LogP contribution in [0.5, 0.6) is 0 Å². The fourth-order valence-electron chi connectivity index (χ4n) is 2.30. The van der Waals surface area contributed by atoms with Crippen molar-refractivity contribution in [1.29, 1.82) is 0 Å². The summed E-state index contributed by atoms with van der Waals surface area (Å²) < 4.78 is 0. The minimum Gasteiger partial charge on any atom is -0.392 e. The smallest absolute Gasteiger partial charge is 0.238 e. The van der Waals surface area contributed by atoms with Crippen LogP contribution in [0.1, 0.15) is 18.4 Å². The number of hydrogen-bond acceptors (Lipinski definition) is 3. The van der Waals surface area contributed by atoms with Gasteiger partial charge in [-0.25, -0.2) is 0 Å². The zero-order valence-corrected chi connectivity index (χ0v) is 10.7. The Morgan fingerprint density at radius 2 is 2.39 bits per heavy atom. The Bertz CT molecular complexity index is 420. The second-order valence-electron chi connectivity index (χ2n) is 4.95. The predicted molar refractivity (Wildman–Crippen MR) is 71.5 cm³/mol. The summed E-state index contributed by atoms with van der Waals surface area (Å²) in [7, 11) is 0. The van der Waals surface area contributed by atoms with Gasteiger partial charge < -0.3 is 10.4 Å². The highest BCUT2D eigenvalue weighted by atomic mass is 16.3. The van der Waals surface area contributed by atoms with Crippen LogP contribution in [-0.2, 0) is 4.79 Å². The molecule has 2 rings (SSSR count). The number of amides is 1. The summed E-state index contributed by atoms with van der Waals surface area (Å²) in [6.07, 6.45) is 1.51. The molecule has 0 spiro atoms. The lowest BCUT2D eigenvalue weighted by atomic mass is 10.1. The van der Waals surface area contributed by atoms with Gasteiger partial charge in [-0.05, 0) is 44.0 Å². The molecule has 0 saturated carbocycles. The molecule has 1 aromatic carbocycles. The summed E-state index contributed by atoms with van der Waals surface area (Å²) in [6, 6.07) is 7.76. The van der Waals surface area contributed by atoms with Crippen molar-refractivity contribution in [1.82, 2.24) is 4.90 Å². The summed E-state index contributed by atoms with van der Waals surface area (Å²) in [4.78, 5) is 13.9. The molecule has 0 unspecified atom stereocenters. The Morgan fingerprint density at radius 3 is 3.11 bits per heavy atom. The number of carbonyl (C=O) groups is 1. The number of β-amino-alcohol motifs (C(OH)–C–C–N with tert-alkyl or cyclic N) is 1. The number of nitrogens with zero attached hydrogens (tertiary/aromatic N) is 1. The quantitative estimate of drug-likeness (QED) is 0.850. The maximum Gasteiger partial charge on any atom is 0.238 e. The summed E-state index contributed by atoms with van der Waals surface area (Å²) in [5.41, 5.74) is 1.96. The van der Waals surface area contributed by atoms with Gasteiger partial charge in [-0.2, -0.15) is 0 Å². The lowest BCUT2D eigenvalue weighted by molar-refractivity contribution is -0.118. The fourth-order valence-corrected chi connectivity index (χ4v) is 2.30. The summed E-state index contributed by atoms with van der Waals surface area (Å²) in [6.45, 7) is 3.83. The largest absolute Gasteiger partial charge is 0.392 e. The van der Waals surface area contributed by atoms with Gasteiger partial charge in [-0.1, -0.05) is 12.1 Å². The van der Waals surface area contributed by atoms with Crippen LogP contribution < -0.4 is 5.32 Å². The van der Waals surface area contributed by atoms with Crippen molar-refractivity contribution >= 4 is 11.6 Å². The number of nitrogens with one attached hydrogen (secondary N) is 1. The summed E-state index contributed by atoms with van der Waals surface area (Å²) >= 11 is 0. The molecular formula is C14H20N2O2. The molecule has 1 heterocycles. The van der Waals surface area contributed by atoms with Gasteiger partial charge in [-0.3, -0.25) is 9.69 Å². The number of aliphatic hydroxyl groups is 1. The number of hydrogen-bond donors (Lipinski definition) is 2. The molecule has 1 atom stereocenters. The monoisotopic (exact) mass is 248 g/mol. The van der Waals surface area contributed by atoms with E-state index in [1.807, 2.05) is 36.1 Å². The molecule has 1 aliphatic rings. The van der Waals surface area contributed by atoms with Crippen LogP contribution in [0, 0.1) is 6.92 Å². The number of aryl methyl sites for hydroxylation is 1. The van der Waals surface area contributed by atoms with E-state index in [1.165, 1.54) is 0 Å². The first-order valence-electron chi connectivity index (χ1n) is 6.40. The van der Waals surface area contributed by atoms with Crippen LogP contribution in [0.4, 0.5) is 5.69 Å². The molecule has 1 saturated heterocycles. The first kappa shape index (κ1) is 13.1. The highest BCUT2D eigenvalue weighted by molar-refractivity contribution is 5.92. The van der Waals surface area contributed by atoms with Crippen molar-refractivity contribution in [3.8, 4) is 0 Å².